The van der Waals surface area contributed by atoms with Crippen molar-refractivity contribution in [2.24, 2.45) is 0 Å². The lowest BCUT2D eigenvalue weighted by atomic mass is 9.93. The van der Waals surface area contributed by atoms with Crippen LogP contribution in [0.25, 0.3) is 10.9 Å². The van der Waals surface area contributed by atoms with Crippen molar-refractivity contribution in [2.75, 3.05) is 42.9 Å². The molecule has 4 rings (SSSR count). The molecular formula is C33H34N4O2. The number of benzene rings is 3. The summed E-state index contributed by atoms with van der Waals surface area (Å²) in [4.78, 5) is 20.8. The summed E-state index contributed by atoms with van der Waals surface area (Å²) in [6.07, 6.45) is 8.26. The van der Waals surface area contributed by atoms with Crippen LogP contribution in [0.3, 0.4) is 0 Å². The number of hydrogen-bond acceptors (Lipinski definition) is 4. The molecule has 0 aromatic heterocycles. The largest absolute Gasteiger partial charge is 0.486 e. The van der Waals surface area contributed by atoms with Crippen LogP contribution >= 0.6 is 0 Å². The summed E-state index contributed by atoms with van der Waals surface area (Å²) in [6, 6.07) is 25.5. The van der Waals surface area contributed by atoms with E-state index in [1.807, 2.05) is 34.3 Å². The highest BCUT2D eigenvalue weighted by Crippen LogP contribution is 2.36. The third-order valence-electron chi connectivity index (χ3n) is 6.72. The van der Waals surface area contributed by atoms with E-state index in [1.165, 1.54) is 6.08 Å². The predicted octanol–water partition coefficient (Wildman–Crippen LogP) is 7.67. The second-order valence-electron chi connectivity index (χ2n) is 9.99. The zero-order valence-electron chi connectivity index (χ0n) is 22.9. The van der Waals surface area contributed by atoms with Crippen LogP contribution in [-0.4, -0.2) is 39.3 Å². The molecule has 0 saturated carbocycles. The summed E-state index contributed by atoms with van der Waals surface area (Å²) in [5, 5.41) is 9.18. The van der Waals surface area contributed by atoms with Gasteiger partial charge in [-0.1, -0.05) is 29.9 Å². The molecule has 3 aromatic carbocycles. The molecule has 0 spiro atoms. The van der Waals surface area contributed by atoms with Crippen LogP contribution in [0.15, 0.2) is 102 Å². The Morgan fingerprint density at radius 1 is 0.769 bits per heavy atom. The number of allylic oxidation sites excluding steroid dienone is 4. The first kappa shape index (κ1) is 27.3. The van der Waals surface area contributed by atoms with Gasteiger partial charge in [-0.15, -0.1) is 0 Å². The lowest BCUT2D eigenvalue weighted by Crippen LogP contribution is -2.12. The molecule has 6 nitrogen and oxygen atoms in total. The Balaban J connectivity index is 1.66. The Kier molecular flexibility index (Phi) is 8.53. The van der Waals surface area contributed by atoms with Gasteiger partial charge in [0, 0.05) is 56.6 Å². The Labute approximate surface area is 231 Å². The molecule has 0 amide bonds. The highest BCUT2D eigenvalue weighted by Gasteiger charge is 2.14. The molecule has 1 aliphatic rings. The molecule has 6 heteroatoms. The van der Waals surface area contributed by atoms with Gasteiger partial charge in [0.05, 0.1) is 6.57 Å². The molecule has 39 heavy (non-hydrogen) atoms. The summed E-state index contributed by atoms with van der Waals surface area (Å²) in [5.74, 6) is -1.19. The van der Waals surface area contributed by atoms with Gasteiger partial charge in [-0.3, -0.25) is 4.79 Å². The minimum absolute atomic E-state index is 0.246. The fourth-order valence-electron chi connectivity index (χ4n) is 4.60. The van der Waals surface area contributed by atoms with Crippen LogP contribution in [0.1, 0.15) is 24.8 Å². The zero-order valence-corrected chi connectivity index (χ0v) is 22.9. The summed E-state index contributed by atoms with van der Waals surface area (Å²) >= 11 is 0. The summed E-state index contributed by atoms with van der Waals surface area (Å²) in [7, 11) is 8.15. The van der Waals surface area contributed by atoms with Gasteiger partial charge in [0.2, 0.25) is 0 Å². The van der Waals surface area contributed by atoms with Crippen LogP contribution in [-0.2, 0) is 4.79 Å². The van der Waals surface area contributed by atoms with Gasteiger partial charge in [-0.2, -0.15) is 0 Å². The van der Waals surface area contributed by atoms with E-state index in [4.69, 9.17) is 6.57 Å². The van der Waals surface area contributed by atoms with E-state index >= 15 is 0 Å². The van der Waals surface area contributed by atoms with Crippen molar-refractivity contribution in [3.63, 3.8) is 0 Å². The highest BCUT2D eigenvalue weighted by molar-refractivity contribution is 5.89. The van der Waals surface area contributed by atoms with Gasteiger partial charge >= 0.3 is 5.97 Å². The zero-order chi connectivity index (χ0) is 27.9. The molecule has 198 valence electrons. The van der Waals surface area contributed by atoms with E-state index in [0.29, 0.717) is 0 Å². The minimum atomic E-state index is -1.19. The van der Waals surface area contributed by atoms with Gasteiger partial charge in [-0.25, -0.2) is 4.85 Å². The molecule has 0 aliphatic heterocycles. The molecule has 0 heterocycles. The monoisotopic (exact) mass is 518 g/mol. The van der Waals surface area contributed by atoms with Gasteiger partial charge < -0.3 is 19.8 Å². The molecule has 3 aromatic rings. The van der Waals surface area contributed by atoms with Crippen molar-refractivity contribution in [1.29, 1.82) is 0 Å². The highest BCUT2D eigenvalue weighted by atomic mass is 16.4. The molecule has 1 aliphatic carbocycles. The van der Waals surface area contributed by atoms with E-state index in [1.54, 1.807) is 0 Å². The lowest BCUT2D eigenvalue weighted by molar-refractivity contribution is -0.132. The van der Waals surface area contributed by atoms with Crippen LogP contribution in [0.2, 0.25) is 0 Å². The number of aliphatic carboxylic acids is 1. The standard InChI is InChI=1S/C33H34N4O2/c1-34-32(33(38)39)23-26-8-6-7-25(22-26)21-24-9-11-29(12-10-24)37(30-17-13-27(14-18-30)35(2)3)31-19-15-28(16-20-31)36(4)5/h9-23H,6-8H2,2-5H3,(H,38,39)/b25-21+,32-23-. The predicted molar refractivity (Wildman–Crippen MR) is 162 cm³/mol. The number of anilines is 5. The van der Waals surface area contributed by atoms with Crippen molar-refractivity contribution >= 4 is 40.5 Å². The number of nitrogens with zero attached hydrogens (tertiary/aromatic N) is 4. The van der Waals surface area contributed by atoms with Crippen molar-refractivity contribution in [2.45, 2.75) is 19.3 Å². The number of carbonyl (C=O) groups is 1. The van der Waals surface area contributed by atoms with Crippen LogP contribution in [0, 0.1) is 6.57 Å². The van der Waals surface area contributed by atoms with Crippen molar-refractivity contribution in [3.8, 4) is 0 Å². The smallest absolute Gasteiger partial charge is 0.333 e. The first-order valence-electron chi connectivity index (χ1n) is 12.9. The molecule has 0 fully saturated rings. The summed E-state index contributed by atoms with van der Waals surface area (Å²) < 4.78 is 0. The first-order chi connectivity index (χ1) is 18.7. The molecule has 0 unspecified atom stereocenters. The second kappa shape index (κ2) is 12.2. The topological polar surface area (TPSA) is 51.4 Å². The number of hydrogen-bond donors (Lipinski definition) is 1. The van der Waals surface area contributed by atoms with E-state index < -0.39 is 5.97 Å². The third-order valence-corrected chi connectivity index (χ3v) is 6.72. The van der Waals surface area contributed by atoms with Crippen molar-refractivity contribution in [3.05, 3.63) is 119 Å². The molecular weight excluding hydrogens is 484 g/mol. The van der Waals surface area contributed by atoms with Gasteiger partial charge in [0.1, 0.15) is 0 Å². The van der Waals surface area contributed by atoms with E-state index in [-0.39, 0.29) is 5.70 Å². The Bertz CT molecular complexity index is 1390. The normalized spacial score (nSPS) is 14.4. The van der Waals surface area contributed by atoms with Gasteiger partial charge in [-0.05, 0) is 97.1 Å². The summed E-state index contributed by atoms with van der Waals surface area (Å²) in [6.45, 7) is 7.10. The second-order valence-corrected chi connectivity index (χ2v) is 9.99. The van der Waals surface area contributed by atoms with E-state index in [0.717, 1.165) is 64.4 Å². The van der Waals surface area contributed by atoms with Gasteiger partial charge in [0.25, 0.3) is 5.70 Å². The average Bonchev–Trinajstić information content (AvgIpc) is 2.93. The minimum Gasteiger partial charge on any atom is -0.486 e. The number of carboxylic acid groups (broad SMARTS) is 1. The SMILES string of the molecule is [C-]#[N+]/C(=C\C1=CC(=C/c2ccc(N(c3ccc(N(C)C)cc3)c3ccc(N(C)C)cc3)cc2)/CCC1)C(=O)O. The third kappa shape index (κ3) is 6.77. The maximum Gasteiger partial charge on any atom is 0.333 e. The first-order valence-corrected chi connectivity index (χ1v) is 12.9. The molecule has 1 N–H and O–H groups in total. The van der Waals surface area contributed by atoms with E-state index in [2.05, 4.69) is 98.4 Å². The number of rotatable bonds is 8. The molecule has 0 radical (unpaired) electrons. The average molecular weight is 519 g/mol. The summed E-state index contributed by atoms with van der Waals surface area (Å²) in [5.41, 5.74) is 8.33. The quantitative estimate of drug-likeness (QED) is 0.245. The van der Waals surface area contributed by atoms with Crippen LogP contribution in [0.5, 0.6) is 0 Å². The van der Waals surface area contributed by atoms with Gasteiger partial charge in [0.15, 0.2) is 0 Å². The molecule has 0 saturated heterocycles. The molecule has 0 bridgehead atoms. The van der Waals surface area contributed by atoms with Crippen LogP contribution < -0.4 is 14.7 Å². The Morgan fingerprint density at radius 3 is 1.67 bits per heavy atom. The Morgan fingerprint density at radius 2 is 1.23 bits per heavy atom. The maximum atomic E-state index is 11.2. The number of carboxylic acids is 1. The lowest BCUT2D eigenvalue weighted by Gasteiger charge is -2.27. The van der Waals surface area contributed by atoms with Crippen molar-refractivity contribution in [1.82, 2.24) is 0 Å². The van der Waals surface area contributed by atoms with Crippen LogP contribution in [0.4, 0.5) is 28.4 Å². The maximum absolute atomic E-state index is 11.2. The fourth-order valence-corrected chi connectivity index (χ4v) is 4.60. The van der Waals surface area contributed by atoms with Crippen molar-refractivity contribution < 1.29 is 9.90 Å². The fraction of sp³-hybridized carbons (Fsp3) is 0.212. The van der Waals surface area contributed by atoms with E-state index in [9.17, 15) is 9.90 Å². The molecule has 0 atom stereocenters. The Hall–Kier alpha value is -4.76.